The molecule has 0 bridgehead atoms. The molecule has 0 fully saturated rings. The molecular formula is C18H15ClN2O3S. The largest absolute Gasteiger partial charge is 0.493 e. The molecule has 25 heavy (non-hydrogen) atoms. The number of aromatic nitrogens is 1. The fourth-order valence-electron chi connectivity index (χ4n) is 2.16. The van der Waals surface area contributed by atoms with Crippen molar-refractivity contribution < 1.29 is 14.3 Å². The zero-order valence-electron chi connectivity index (χ0n) is 13.4. The number of anilines is 1. The number of halogens is 1. The number of hydrogen-bond donors (Lipinski definition) is 1. The van der Waals surface area contributed by atoms with Gasteiger partial charge in [0.1, 0.15) is 0 Å². The Hall–Kier alpha value is -2.57. The molecule has 0 aliphatic heterocycles. The van der Waals surface area contributed by atoms with Crippen molar-refractivity contribution in [3.05, 3.63) is 58.9 Å². The lowest BCUT2D eigenvalue weighted by Gasteiger charge is -2.09. The highest BCUT2D eigenvalue weighted by atomic mass is 35.5. The SMILES string of the molecule is COc1ccccc1OCC(=O)Nc1nc(-c2ccccc2Cl)cs1. The summed E-state index contributed by atoms with van der Waals surface area (Å²) in [7, 11) is 1.55. The fraction of sp³-hybridized carbons (Fsp3) is 0.111. The van der Waals surface area contributed by atoms with E-state index in [-0.39, 0.29) is 12.5 Å². The van der Waals surface area contributed by atoms with Gasteiger partial charge < -0.3 is 9.47 Å². The Kier molecular flexibility index (Phi) is 5.53. The van der Waals surface area contributed by atoms with Crippen LogP contribution in [0.2, 0.25) is 5.02 Å². The monoisotopic (exact) mass is 374 g/mol. The molecule has 0 radical (unpaired) electrons. The Morgan fingerprint density at radius 3 is 2.64 bits per heavy atom. The molecule has 0 aliphatic rings. The van der Waals surface area contributed by atoms with Gasteiger partial charge in [-0.15, -0.1) is 11.3 Å². The second-order valence-electron chi connectivity index (χ2n) is 5.01. The van der Waals surface area contributed by atoms with Crippen LogP contribution in [0.15, 0.2) is 53.9 Å². The van der Waals surface area contributed by atoms with E-state index in [0.717, 1.165) is 11.3 Å². The van der Waals surface area contributed by atoms with Gasteiger partial charge in [0, 0.05) is 16.0 Å². The molecule has 2 aromatic carbocycles. The van der Waals surface area contributed by atoms with Crippen LogP contribution in [0.25, 0.3) is 11.3 Å². The molecule has 3 aromatic rings. The van der Waals surface area contributed by atoms with Crippen molar-refractivity contribution in [1.29, 1.82) is 0 Å². The maximum atomic E-state index is 12.1. The summed E-state index contributed by atoms with van der Waals surface area (Å²) in [6.45, 7) is -0.138. The Morgan fingerprint density at radius 2 is 1.88 bits per heavy atom. The standard InChI is InChI=1S/C18H15ClN2O3S/c1-23-15-8-4-5-9-16(15)24-10-17(22)21-18-20-14(11-25-18)12-6-2-3-7-13(12)19/h2-9,11H,10H2,1H3,(H,20,21,22). The summed E-state index contributed by atoms with van der Waals surface area (Å²) in [4.78, 5) is 16.5. The third kappa shape index (κ3) is 4.29. The molecule has 0 aliphatic carbocycles. The average Bonchev–Trinajstić information content (AvgIpc) is 3.08. The Labute approximate surface area is 154 Å². The van der Waals surface area contributed by atoms with Gasteiger partial charge in [0.15, 0.2) is 23.2 Å². The molecule has 0 saturated carbocycles. The van der Waals surface area contributed by atoms with Crippen molar-refractivity contribution in [2.45, 2.75) is 0 Å². The van der Waals surface area contributed by atoms with Crippen molar-refractivity contribution >= 4 is 34.0 Å². The van der Waals surface area contributed by atoms with Crippen molar-refractivity contribution in [2.24, 2.45) is 0 Å². The molecule has 0 atom stereocenters. The van der Waals surface area contributed by atoms with E-state index in [4.69, 9.17) is 21.1 Å². The summed E-state index contributed by atoms with van der Waals surface area (Å²) < 4.78 is 10.7. The molecule has 1 aromatic heterocycles. The number of carbonyl (C=O) groups excluding carboxylic acids is 1. The van der Waals surface area contributed by atoms with E-state index >= 15 is 0 Å². The number of benzene rings is 2. The first-order valence-corrected chi connectivity index (χ1v) is 8.69. The molecule has 5 nitrogen and oxygen atoms in total. The molecule has 0 saturated heterocycles. The van der Waals surface area contributed by atoms with E-state index in [1.807, 2.05) is 35.7 Å². The molecule has 1 amide bonds. The van der Waals surface area contributed by atoms with Crippen LogP contribution >= 0.6 is 22.9 Å². The van der Waals surface area contributed by atoms with E-state index in [0.29, 0.717) is 21.7 Å². The van der Waals surface area contributed by atoms with Gasteiger partial charge >= 0.3 is 0 Å². The number of para-hydroxylation sites is 2. The van der Waals surface area contributed by atoms with Crippen LogP contribution in [0.4, 0.5) is 5.13 Å². The molecule has 0 spiro atoms. The van der Waals surface area contributed by atoms with E-state index in [9.17, 15) is 4.79 Å². The van der Waals surface area contributed by atoms with Gasteiger partial charge in [0.2, 0.25) is 0 Å². The normalized spacial score (nSPS) is 10.3. The van der Waals surface area contributed by atoms with Gasteiger partial charge in [-0.05, 0) is 18.2 Å². The highest BCUT2D eigenvalue weighted by Crippen LogP contribution is 2.30. The molecule has 1 heterocycles. The summed E-state index contributed by atoms with van der Waals surface area (Å²) >= 11 is 7.49. The van der Waals surface area contributed by atoms with Gasteiger partial charge in [-0.2, -0.15) is 0 Å². The van der Waals surface area contributed by atoms with Crippen molar-refractivity contribution in [2.75, 3.05) is 19.0 Å². The minimum Gasteiger partial charge on any atom is -0.493 e. The number of amides is 1. The summed E-state index contributed by atoms with van der Waals surface area (Å²) in [5, 5.41) is 5.67. The minimum atomic E-state index is -0.300. The average molecular weight is 375 g/mol. The second kappa shape index (κ2) is 8.00. The minimum absolute atomic E-state index is 0.138. The molecule has 7 heteroatoms. The van der Waals surface area contributed by atoms with E-state index < -0.39 is 0 Å². The lowest BCUT2D eigenvalue weighted by atomic mass is 10.2. The smallest absolute Gasteiger partial charge is 0.264 e. The second-order valence-corrected chi connectivity index (χ2v) is 6.27. The maximum absolute atomic E-state index is 12.1. The highest BCUT2D eigenvalue weighted by Gasteiger charge is 2.11. The summed E-state index contributed by atoms with van der Waals surface area (Å²) in [6.07, 6.45) is 0. The van der Waals surface area contributed by atoms with E-state index in [2.05, 4.69) is 10.3 Å². The van der Waals surface area contributed by atoms with Gasteiger partial charge in [0.05, 0.1) is 12.8 Å². The Bertz CT molecular complexity index is 882. The number of nitrogens with one attached hydrogen (secondary N) is 1. The molecule has 128 valence electrons. The third-order valence-electron chi connectivity index (χ3n) is 3.33. The van der Waals surface area contributed by atoms with E-state index in [1.54, 1.807) is 25.3 Å². The van der Waals surface area contributed by atoms with Crippen LogP contribution in [0, 0.1) is 0 Å². The Balaban J connectivity index is 1.61. The fourth-order valence-corrected chi connectivity index (χ4v) is 3.12. The Morgan fingerprint density at radius 1 is 1.16 bits per heavy atom. The summed E-state index contributed by atoms with van der Waals surface area (Å²) in [5.41, 5.74) is 1.54. The zero-order chi connectivity index (χ0) is 17.6. The number of hydrogen-bond acceptors (Lipinski definition) is 5. The van der Waals surface area contributed by atoms with Gasteiger partial charge in [-0.3, -0.25) is 10.1 Å². The van der Waals surface area contributed by atoms with Gasteiger partial charge in [-0.1, -0.05) is 41.9 Å². The third-order valence-corrected chi connectivity index (χ3v) is 4.42. The van der Waals surface area contributed by atoms with Crippen LogP contribution in [-0.4, -0.2) is 24.6 Å². The molecule has 0 unspecified atom stereocenters. The highest BCUT2D eigenvalue weighted by molar-refractivity contribution is 7.14. The maximum Gasteiger partial charge on any atom is 0.264 e. The van der Waals surface area contributed by atoms with Crippen LogP contribution < -0.4 is 14.8 Å². The van der Waals surface area contributed by atoms with Crippen molar-refractivity contribution in [3.63, 3.8) is 0 Å². The molecule has 1 N–H and O–H groups in total. The van der Waals surface area contributed by atoms with Crippen LogP contribution in [0.1, 0.15) is 0 Å². The quantitative estimate of drug-likeness (QED) is 0.690. The molecular weight excluding hydrogens is 360 g/mol. The number of ether oxygens (including phenoxy) is 2. The predicted octanol–water partition coefficient (Wildman–Crippen LogP) is 4.49. The number of rotatable bonds is 6. The topological polar surface area (TPSA) is 60.5 Å². The first kappa shape index (κ1) is 17.3. The first-order valence-electron chi connectivity index (χ1n) is 7.43. The zero-order valence-corrected chi connectivity index (χ0v) is 14.9. The molecule has 3 rings (SSSR count). The van der Waals surface area contributed by atoms with Gasteiger partial charge in [0.25, 0.3) is 5.91 Å². The summed E-state index contributed by atoms with van der Waals surface area (Å²) in [6, 6.07) is 14.6. The van der Waals surface area contributed by atoms with Crippen LogP contribution in [0.3, 0.4) is 0 Å². The summed E-state index contributed by atoms with van der Waals surface area (Å²) in [5.74, 6) is 0.785. The van der Waals surface area contributed by atoms with Crippen molar-refractivity contribution in [1.82, 2.24) is 4.98 Å². The predicted molar refractivity (Wildman–Crippen MR) is 99.7 cm³/mol. The van der Waals surface area contributed by atoms with Crippen molar-refractivity contribution in [3.8, 4) is 22.8 Å². The number of nitrogens with zero attached hydrogens (tertiary/aromatic N) is 1. The lowest BCUT2D eigenvalue weighted by molar-refractivity contribution is -0.118. The van der Waals surface area contributed by atoms with Crippen LogP contribution in [-0.2, 0) is 4.79 Å². The number of methoxy groups -OCH3 is 1. The number of carbonyl (C=O) groups is 1. The van der Waals surface area contributed by atoms with E-state index in [1.165, 1.54) is 11.3 Å². The first-order chi connectivity index (χ1) is 12.2. The van der Waals surface area contributed by atoms with Crippen LogP contribution in [0.5, 0.6) is 11.5 Å². The van der Waals surface area contributed by atoms with Gasteiger partial charge in [-0.25, -0.2) is 4.98 Å². The number of thiazole rings is 1. The lowest BCUT2D eigenvalue weighted by Crippen LogP contribution is -2.20.